The highest BCUT2D eigenvalue weighted by Crippen LogP contribution is 2.30. The molecule has 0 saturated carbocycles. The van der Waals surface area contributed by atoms with Crippen molar-refractivity contribution in [3.63, 3.8) is 0 Å². The maximum Gasteiger partial charge on any atom is 0.269 e. The number of benzene rings is 2. The summed E-state index contributed by atoms with van der Waals surface area (Å²) in [5.74, 6) is 0. The molecule has 1 unspecified atom stereocenters. The normalized spacial score (nSPS) is 12.2. The summed E-state index contributed by atoms with van der Waals surface area (Å²) in [6.07, 6.45) is 0. The molecule has 0 aliphatic heterocycles. The fourth-order valence-corrected chi connectivity index (χ4v) is 2.22. The Hall–Kier alpha value is -1.91. The topological polar surface area (TPSA) is 69.2 Å². The average molecular weight is 277 g/mol. The summed E-state index contributed by atoms with van der Waals surface area (Å²) >= 11 is 6.11. The summed E-state index contributed by atoms with van der Waals surface area (Å²) in [5.41, 5.74) is 8.58. The van der Waals surface area contributed by atoms with Crippen molar-refractivity contribution < 1.29 is 4.92 Å². The van der Waals surface area contributed by atoms with Gasteiger partial charge < -0.3 is 5.73 Å². The van der Waals surface area contributed by atoms with Gasteiger partial charge >= 0.3 is 0 Å². The van der Waals surface area contributed by atoms with Crippen LogP contribution in [0.2, 0.25) is 5.02 Å². The third kappa shape index (κ3) is 2.75. The van der Waals surface area contributed by atoms with Gasteiger partial charge in [-0.25, -0.2) is 0 Å². The lowest BCUT2D eigenvalue weighted by Crippen LogP contribution is -2.14. The zero-order chi connectivity index (χ0) is 14.0. The van der Waals surface area contributed by atoms with Gasteiger partial charge in [0.2, 0.25) is 0 Å². The fraction of sp³-hybridized carbons (Fsp3) is 0.143. The van der Waals surface area contributed by atoms with Crippen LogP contribution in [0.1, 0.15) is 22.7 Å². The van der Waals surface area contributed by atoms with Crippen molar-refractivity contribution in [2.75, 3.05) is 0 Å². The lowest BCUT2D eigenvalue weighted by molar-refractivity contribution is -0.384. The van der Waals surface area contributed by atoms with E-state index in [-0.39, 0.29) is 5.69 Å². The van der Waals surface area contributed by atoms with Crippen molar-refractivity contribution in [1.82, 2.24) is 0 Å². The number of nitrogens with two attached hydrogens (primary N) is 1. The Morgan fingerprint density at radius 2 is 1.89 bits per heavy atom. The molecule has 0 radical (unpaired) electrons. The number of rotatable bonds is 3. The van der Waals surface area contributed by atoms with E-state index >= 15 is 0 Å². The van der Waals surface area contributed by atoms with Crippen LogP contribution in [-0.2, 0) is 0 Å². The molecule has 5 heteroatoms. The molecule has 0 spiro atoms. The van der Waals surface area contributed by atoms with E-state index in [0.717, 1.165) is 11.1 Å². The van der Waals surface area contributed by atoms with E-state index in [1.54, 1.807) is 12.1 Å². The standard InChI is InChI=1S/C14H13ClN2O2/c1-9-6-7-10(17(18)19)8-12(9)14(16)11-4-2-3-5-13(11)15/h2-8,14H,16H2,1H3. The lowest BCUT2D eigenvalue weighted by atomic mass is 9.95. The van der Waals surface area contributed by atoms with Gasteiger partial charge in [0.05, 0.1) is 11.0 Å². The van der Waals surface area contributed by atoms with Gasteiger partial charge in [-0.15, -0.1) is 0 Å². The van der Waals surface area contributed by atoms with Gasteiger partial charge in [-0.1, -0.05) is 35.9 Å². The summed E-state index contributed by atoms with van der Waals surface area (Å²) in [4.78, 5) is 10.4. The summed E-state index contributed by atoms with van der Waals surface area (Å²) in [5, 5.41) is 11.4. The van der Waals surface area contributed by atoms with Gasteiger partial charge in [0, 0.05) is 17.2 Å². The predicted octanol–water partition coefficient (Wildman–Crippen LogP) is 3.60. The Kier molecular flexibility index (Phi) is 3.83. The Bertz CT molecular complexity index is 629. The number of nitrogens with zero attached hydrogens (tertiary/aromatic N) is 1. The first-order valence-electron chi connectivity index (χ1n) is 5.75. The van der Waals surface area contributed by atoms with E-state index in [1.165, 1.54) is 12.1 Å². The molecule has 2 rings (SSSR count). The van der Waals surface area contributed by atoms with Crippen LogP contribution in [0, 0.1) is 17.0 Å². The maximum atomic E-state index is 10.8. The smallest absolute Gasteiger partial charge is 0.269 e. The van der Waals surface area contributed by atoms with Crippen LogP contribution in [0.4, 0.5) is 5.69 Å². The lowest BCUT2D eigenvalue weighted by Gasteiger charge is -2.16. The molecule has 0 aromatic heterocycles. The number of nitro benzene ring substituents is 1. The number of halogens is 1. The number of hydrogen-bond donors (Lipinski definition) is 1. The molecule has 2 aromatic rings. The van der Waals surface area contributed by atoms with Gasteiger partial charge in [0.25, 0.3) is 5.69 Å². The maximum absolute atomic E-state index is 10.8. The van der Waals surface area contributed by atoms with Gasteiger partial charge in [-0.2, -0.15) is 0 Å². The molecule has 4 nitrogen and oxygen atoms in total. The largest absolute Gasteiger partial charge is 0.320 e. The van der Waals surface area contributed by atoms with E-state index in [2.05, 4.69) is 0 Å². The number of nitro groups is 1. The quantitative estimate of drug-likeness (QED) is 0.688. The molecular formula is C14H13ClN2O2. The van der Waals surface area contributed by atoms with Crippen LogP contribution in [0.15, 0.2) is 42.5 Å². The SMILES string of the molecule is Cc1ccc([N+](=O)[O-])cc1C(N)c1ccccc1Cl. The van der Waals surface area contributed by atoms with Gasteiger partial charge in [0.1, 0.15) is 0 Å². The highest BCUT2D eigenvalue weighted by atomic mass is 35.5. The summed E-state index contributed by atoms with van der Waals surface area (Å²) in [6, 6.07) is 11.4. The molecule has 0 heterocycles. The molecule has 1 atom stereocenters. The van der Waals surface area contributed by atoms with E-state index in [4.69, 9.17) is 17.3 Å². The van der Waals surface area contributed by atoms with Crippen LogP contribution >= 0.6 is 11.6 Å². The van der Waals surface area contributed by atoms with Gasteiger partial charge in [-0.3, -0.25) is 10.1 Å². The van der Waals surface area contributed by atoms with Crippen molar-refractivity contribution in [3.05, 3.63) is 74.3 Å². The second-order valence-corrected chi connectivity index (χ2v) is 4.70. The Labute approximate surface area is 116 Å². The minimum atomic E-state index is -0.478. The first-order chi connectivity index (χ1) is 9.00. The molecule has 0 bridgehead atoms. The fourth-order valence-electron chi connectivity index (χ4n) is 1.97. The average Bonchev–Trinajstić information content (AvgIpc) is 2.38. The molecule has 2 aromatic carbocycles. The number of non-ortho nitro benzene ring substituents is 1. The molecule has 0 fully saturated rings. The first kappa shape index (κ1) is 13.5. The molecule has 0 aliphatic rings. The van der Waals surface area contributed by atoms with Crippen LogP contribution < -0.4 is 5.73 Å². The van der Waals surface area contributed by atoms with Crippen LogP contribution in [0.25, 0.3) is 0 Å². The first-order valence-corrected chi connectivity index (χ1v) is 6.13. The Balaban J connectivity index is 2.49. The Morgan fingerprint density at radius 3 is 2.53 bits per heavy atom. The van der Waals surface area contributed by atoms with Crippen LogP contribution in [0.5, 0.6) is 0 Å². The highest BCUT2D eigenvalue weighted by Gasteiger charge is 2.17. The zero-order valence-corrected chi connectivity index (χ0v) is 11.1. The summed E-state index contributed by atoms with van der Waals surface area (Å²) in [7, 11) is 0. The van der Waals surface area contributed by atoms with E-state index in [0.29, 0.717) is 10.6 Å². The molecule has 0 aliphatic carbocycles. The van der Waals surface area contributed by atoms with Gasteiger partial charge in [-0.05, 0) is 29.7 Å². The highest BCUT2D eigenvalue weighted by molar-refractivity contribution is 6.31. The summed E-state index contributed by atoms with van der Waals surface area (Å²) < 4.78 is 0. The third-order valence-electron chi connectivity index (χ3n) is 3.05. The predicted molar refractivity (Wildman–Crippen MR) is 75.3 cm³/mol. The van der Waals surface area contributed by atoms with E-state index in [9.17, 15) is 10.1 Å². The second-order valence-electron chi connectivity index (χ2n) is 4.30. The number of hydrogen-bond acceptors (Lipinski definition) is 3. The minimum absolute atomic E-state index is 0.0307. The second kappa shape index (κ2) is 5.38. The van der Waals surface area contributed by atoms with E-state index < -0.39 is 11.0 Å². The monoisotopic (exact) mass is 276 g/mol. The van der Waals surface area contributed by atoms with Crippen molar-refractivity contribution in [1.29, 1.82) is 0 Å². The molecule has 19 heavy (non-hydrogen) atoms. The molecular weight excluding hydrogens is 264 g/mol. The molecule has 98 valence electrons. The third-order valence-corrected chi connectivity index (χ3v) is 3.39. The van der Waals surface area contributed by atoms with Crippen molar-refractivity contribution in [3.8, 4) is 0 Å². The van der Waals surface area contributed by atoms with Crippen LogP contribution in [0.3, 0.4) is 0 Å². The minimum Gasteiger partial charge on any atom is -0.320 e. The summed E-state index contributed by atoms with van der Waals surface area (Å²) in [6.45, 7) is 1.87. The molecule has 2 N–H and O–H groups in total. The number of aryl methyl sites for hydroxylation is 1. The van der Waals surface area contributed by atoms with Gasteiger partial charge in [0.15, 0.2) is 0 Å². The van der Waals surface area contributed by atoms with Crippen molar-refractivity contribution in [2.24, 2.45) is 5.73 Å². The molecule has 0 saturated heterocycles. The van der Waals surface area contributed by atoms with Crippen molar-refractivity contribution in [2.45, 2.75) is 13.0 Å². The molecule has 0 amide bonds. The van der Waals surface area contributed by atoms with Crippen molar-refractivity contribution >= 4 is 17.3 Å². The van der Waals surface area contributed by atoms with Crippen LogP contribution in [-0.4, -0.2) is 4.92 Å². The van der Waals surface area contributed by atoms with E-state index in [1.807, 2.05) is 25.1 Å². The zero-order valence-electron chi connectivity index (χ0n) is 10.3. The Morgan fingerprint density at radius 1 is 1.21 bits per heavy atom.